The van der Waals surface area contributed by atoms with Crippen molar-refractivity contribution in [3.63, 3.8) is 0 Å². The number of nitrogens with zero attached hydrogens (tertiary/aromatic N) is 2. The maximum absolute atomic E-state index is 12.1. The maximum atomic E-state index is 12.1. The average Bonchev–Trinajstić information content (AvgIpc) is 3.07. The molecule has 0 spiro atoms. The van der Waals surface area contributed by atoms with Gasteiger partial charge < -0.3 is 9.80 Å². The zero-order valence-corrected chi connectivity index (χ0v) is 11.9. The van der Waals surface area contributed by atoms with E-state index in [4.69, 9.17) is 0 Å². The Kier molecular flexibility index (Phi) is 4.38. The van der Waals surface area contributed by atoms with Gasteiger partial charge in [0.2, 0.25) is 5.91 Å². The van der Waals surface area contributed by atoms with Crippen molar-refractivity contribution in [2.45, 2.75) is 51.1 Å². The van der Waals surface area contributed by atoms with Crippen LogP contribution in [0.5, 0.6) is 0 Å². The summed E-state index contributed by atoms with van der Waals surface area (Å²) < 4.78 is 0. The third-order valence-corrected chi connectivity index (χ3v) is 5.07. The molecule has 1 amide bonds. The van der Waals surface area contributed by atoms with Crippen LogP contribution in [0.3, 0.4) is 0 Å². The minimum Gasteiger partial charge on any atom is -0.324 e. The first-order chi connectivity index (χ1) is 9.34. The molecule has 0 bridgehead atoms. The van der Waals surface area contributed by atoms with Gasteiger partial charge >= 0.3 is 0 Å². The SMILES string of the molecule is O=C1CNC(C2CCCC2)N1CCN1CCCCC1. The molecule has 2 aliphatic heterocycles. The van der Waals surface area contributed by atoms with Crippen LogP contribution in [0.1, 0.15) is 44.9 Å². The van der Waals surface area contributed by atoms with E-state index in [0.717, 1.165) is 13.1 Å². The van der Waals surface area contributed by atoms with Crippen molar-refractivity contribution in [1.82, 2.24) is 15.1 Å². The van der Waals surface area contributed by atoms with Crippen LogP contribution in [0.4, 0.5) is 0 Å². The Balaban J connectivity index is 1.52. The topological polar surface area (TPSA) is 35.6 Å². The minimum atomic E-state index is 0.314. The number of carbonyl (C=O) groups is 1. The normalized spacial score (nSPS) is 30.4. The molecule has 0 aromatic carbocycles. The molecule has 2 heterocycles. The smallest absolute Gasteiger partial charge is 0.237 e. The summed E-state index contributed by atoms with van der Waals surface area (Å²) in [7, 11) is 0. The van der Waals surface area contributed by atoms with Crippen LogP contribution in [-0.2, 0) is 4.79 Å². The highest BCUT2D eigenvalue weighted by atomic mass is 16.2. The predicted octanol–water partition coefficient (Wildman–Crippen LogP) is 1.42. The van der Waals surface area contributed by atoms with E-state index < -0.39 is 0 Å². The van der Waals surface area contributed by atoms with E-state index in [0.29, 0.717) is 24.5 Å². The van der Waals surface area contributed by atoms with Crippen LogP contribution in [0.15, 0.2) is 0 Å². The Morgan fingerprint density at radius 3 is 2.47 bits per heavy atom. The summed E-state index contributed by atoms with van der Waals surface area (Å²) in [6.07, 6.45) is 9.66. The second-order valence-electron chi connectivity index (χ2n) is 6.36. The first kappa shape index (κ1) is 13.4. The Labute approximate surface area is 116 Å². The van der Waals surface area contributed by atoms with Gasteiger partial charge in [0.1, 0.15) is 0 Å². The van der Waals surface area contributed by atoms with Crippen molar-refractivity contribution in [3.05, 3.63) is 0 Å². The molecule has 3 rings (SSSR count). The average molecular weight is 265 g/mol. The zero-order valence-electron chi connectivity index (χ0n) is 11.9. The number of hydrogen-bond donors (Lipinski definition) is 1. The van der Waals surface area contributed by atoms with Crippen LogP contribution >= 0.6 is 0 Å². The Bertz CT molecular complexity index is 309. The molecule has 2 saturated heterocycles. The Morgan fingerprint density at radius 2 is 1.74 bits per heavy atom. The molecule has 0 aromatic heterocycles. The van der Waals surface area contributed by atoms with Crippen LogP contribution < -0.4 is 5.32 Å². The van der Waals surface area contributed by atoms with Crippen molar-refractivity contribution < 1.29 is 4.79 Å². The summed E-state index contributed by atoms with van der Waals surface area (Å²) in [5.74, 6) is 1.02. The van der Waals surface area contributed by atoms with E-state index in [2.05, 4.69) is 15.1 Å². The van der Waals surface area contributed by atoms with Crippen molar-refractivity contribution in [2.24, 2.45) is 5.92 Å². The number of rotatable bonds is 4. The summed E-state index contributed by atoms with van der Waals surface area (Å²) in [4.78, 5) is 16.7. The second kappa shape index (κ2) is 6.23. The molecule has 4 nitrogen and oxygen atoms in total. The zero-order chi connectivity index (χ0) is 13.1. The van der Waals surface area contributed by atoms with Crippen molar-refractivity contribution in [2.75, 3.05) is 32.7 Å². The molecule has 19 heavy (non-hydrogen) atoms. The largest absolute Gasteiger partial charge is 0.324 e. The van der Waals surface area contributed by atoms with Gasteiger partial charge in [0.25, 0.3) is 0 Å². The molecular weight excluding hydrogens is 238 g/mol. The van der Waals surface area contributed by atoms with Gasteiger partial charge in [-0.15, -0.1) is 0 Å². The van der Waals surface area contributed by atoms with Gasteiger partial charge in [0.15, 0.2) is 0 Å². The summed E-state index contributed by atoms with van der Waals surface area (Å²) >= 11 is 0. The lowest BCUT2D eigenvalue weighted by atomic mass is 10.0. The van der Waals surface area contributed by atoms with Gasteiger partial charge in [0.05, 0.1) is 12.7 Å². The van der Waals surface area contributed by atoms with E-state index in [-0.39, 0.29) is 0 Å². The molecule has 3 fully saturated rings. The fourth-order valence-electron chi connectivity index (χ4n) is 3.95. The van der Waals surface area contributed by atoms with Crippen molar-refractivity contribution >= 4 is 5.91 Å². The first-order valence-corrected chi connectivity index (χ1v) is 8.10. The minimum absolute atomic E-state index is 0.314. The molecule has 1 saturated carbocycles. The Hall–Kier alpha value is -0.610. The van der Waals surface area contributed by atoms with Gasteiger partial charge in [0, 0.05) is 13.1 Å². The number of amides is 1. The van der Waals surface area contributed by atoms with Gasteiger partial charge in [-0.1, -0.05) is 19.3 Å². The summed E-state index contributed by atoms with van der Waals surface area (Å²) in [6, 6.07) is 0. The lowest BCUT2D eigenvalue weighted by Gasteiger charge is -2.32. The summed E-state index contributed by atoms with van der Waals surface area (Å²) in [5, 5.41) is 3.44. The summed E-state index contributed by atoms with van der Waals surface area (Å²) in [6.45, 7) is 5.00. The molecule has 108 valence electrons. The van der Waals surface area contributed by atoms with Crippen molar-refractivity contribution in [1.29, 1.82) is 0 Å². The van der Waals surface area contributed by atoms with E-state index in [1.807, 2.05) is 0 Å². The highest BCUT2D eigenvalue weighted by molar-refractivity contribution is 5.80. The third kappa shape index (κ3) is 3.11. The number of likely N-dealkylation sites (tertiary alicyclic amines) is 1. The fourth-order valence-corrected chi connectivity index (χ4v) is 3.95. The number of carbonyl (C=O) groups excluding carboxylic acids is 1. The molecule has 4 heteroatoms. The standard InChI is InChI=1S/C15H27N3O/c19-14-12-16-15(13-6-2-3-7-13)18(14)11-10-17-8-4-1-5-9-17/h13,15-16H,1-12H2. The molecule has 1 N–H and O–H groups in total. The molecular formula is C15H27N3O. The lowest BCUT2D eigenvalue weighted by Crippen LogP contribution is -2.46. The van der Waals surface area contributed by atoms with Crippen LogP contribution in [-0.4, -0.2) is 54.6 Å². The lowest BCUT2D eigenvalue weighted by molar-refractivity contribution is -0.128. The van der Waals surface area contributed by atoms with E-state index >= 15 is 0 Å². The molecule has 1 unspecified atom stereocenters. The number of nitrogens with one attached hydrogen (secondary N) is 1. The highest BCUT2D eigenvalue weighted by Crippen LogP contribution is 2.30. The molecule has 3 aliphatic rings. The fraction of sp³-hybridized carbons (Fsp3) is 0.933. The van der Waals surface area contributed by atoms with Gasteiger partial charge in [-0.2, -0.15) is 0 Å². The van der Waals surface area contributed by atoms with Gasteiger partial charge in [-0.3, -0.25) is 10.1 Å². The summed E-state index contributed by atoms with van der Waals surface area (Å²) in [5.41, 5.74) is 0. The van der Waals surface area contributed by atoms with E-state index in [1.54, 1.807) is 0 Å². The maximum Gasteiger partial charge on any atom is 0.237 e. The highest BCUT2D eigenvalue weighted by Gasteiger charge is 2.37. The monoisotopic (exact) mass is 265 g/mol. The molecule has 1 atom stereocenters. The van der Waals surface area contributed by atoms with E-state index in [9.17, 15) is 4.79 Å². The van der Waals surface area contributed by atoms with Gasteiger partial charge in [-0.05, 0) is 44.7 Å². The van der Waals surface area contributed by atoms with Crippen LogP contribution in [0.2, 0.25) is 0 Å². The van der Waals surface area contributed by atoms with Crippen LogP contribution in [0.25, 0.3) is 0 Å². The molecule has 0 aromatic rings. The van der Waals surface area contributed by atoms with Crippen LogP contribution in [0, 0.1) is 5.92 Å². The predicted molar refractivity (Wildman–Crippen MR) is 75.8 cm³/mol. The quantitative estimate of drug-likeness (QED) is 0.835. The van der Waals surface area contributed by atoms with E-state index in [1.165, 1.54) is 58.0 Å². The first-order valence-electron chi connectivity index (χ1n) is 8.10. The second-order valence-corrected chi connectivity index (χ2v) is 6.36. The Morgan fingerprint density at radius 1 is 1.00 bits per heavy atom. The molecule has 0 radical (unpaired) electrons. The van der Waals surface area contributed by atoms with Crippen molar-refractivity contribution in [3.8, 4) is 0 Å². The third-order valence-electron chi connectivity index (χ3n) is 5.07. The number of piperidine rings is 1. The van der Waals surface area contributed by atoms with Gasteiger partial charge in [-0.25, -0.2) is 0 Å². The number of hydrogen-bond acceptors (Lipinski definition) is 3. The molecule has 1 aliphatic carbocycles.